The Morgan fingerprint density at radius 1 is 1.16 bits per heavy atom. The largest absolute Gasteiger partial charge is 0.349 e. The molecule has 0 radical (unpaired) electrons. The van der Waals surface area contributed by atoms with Crippen LogP contribution in [0.25, 0.3) is 11.0 Å². The zero-order valence-electron chi connectivity index (χ0n) is 15.4. The van der Waals surface area contributed by atoms with Gasteiger partial charge in [-0.3, -0.25) is 9.78 Å². The molecular formula is C19H25N5O. The highest BCUT2D eigenvalue weighted by Crippen LogP contribution is 2.25. The molecule has 0 aliphatic rings. The van der Waals surface area contributed by atoms with Gasteiger partial charge in [-0.15, -0.1) is 0 Å². The van der Waals surface area contributed by atoms with Gasteiger partial charge in [0, 0.05) is 0 Å². The Morgan fingerprint density at radius 2 is 1.84 bits per heavy atom. The van der Waals surface area contributed by atoms with Crippen LogP contribution in [0.5, 0.6) is 0 Å². The second-order valence-corrected chi connectivity index (χ2v) is 7.66. The number of aromatic nitrogens is 4. The molecule has 0 aliphatic carbocycles. The average molecular weight is 339 g/mol. The Balaban J connectivity index is 2.05. The van der Waals surface area contributed by atoms with Gasteiger partial charge in [-0.25, -0.2) is 4.68 Å². The monoisotopic (exact) mass is 339 g/mol. The van der Waals surface area contributed by atoms with Gasteiger partial charge in [0.2, 0.25) is 5.95 Å². The first-order valence-corrected chi connectivity index (χ1v) is 8.57. The van der Waals surface area contributed by atoms with Crippen LogP contribution in [0.2, 0.25) is 0 Å². The Hall–Kier alpha value is -2.63. The summed E-state index contributed by atoms with van der Waals surface area (Å²) in [5, 5.41) is 8.24. The molecule has 0 amide bonds. The molecular weight excluding hydrogens is 314 g/mol. The SMILES string of the molecule is CC(C)C(Nc1nc2c(cnn2C(C)(C)C)c(=O)[nH]1)c1ccccc1. The molecule has 0 spiro atoms. The fourth-order valence-corrected chi connectivity index (χ4v) is 2.92. The lowest BCUT2D eigenvalue weighted by Crippen LogP contribution is -2.25. The summed E-state index contributed by atoms with van der Waals surface area (Å²) in [5.41, 5.74) is 1.31. The van der Waals surface area contributed by atoms with Crippen molar-refractivity contribution in [2.45, 2.75) is 46.2 Å². The van der Waals surface area contributed by atoms with E-state index in [1.165, 1.54) is 0 Å². The van der Waals surface area contributed by atoms with E-state index < -0.39 is 0 Å². The zero-order chi connectivity index (χ0) is 18.2. The fraction of sp³-hybridized carbons (Fsp3) is 0.421. The van der Waals surface area contributed by atoms with Crippen molar-refractivity contribution in [1.82, 2.24) is 19.7 Å². The zero-order valence-corrected chi connectivity index (χ0v) is 15.4. The number of H-pyrrole nitrogens is 1. The molecule has 3 aromatic rings. The van der Waals surface area contributed by atoms with E-state index in [9.17, 15) is 4.79 Å². The van der Waals surface area contributed by atoms with Crippen LogP contribution in [0, 0.1) is 5.92 Å². The Labute approximate surface area is 147 Å². The molecule has 1 aromatic carbocycles. The van der Waals surface area contributed by atoms with Gasteiger partial charge < -0.3 is 5.32 Å². The van der Waals surface area contributed by atoms with Crippen LogP contribution in [0.4, 0.5) is 5.95 Å². The number of aromatic amines is 1. The van der Waals surface area contributed by atoms with E-state index in [1.807, 2.05) is 39.0 Å². The van der Waals surface area contributed by atoms with E-state index in [2.05, 4.69) is 46.4 Å². The molecule has 2 aromatic heterocycles. The normalized spacial score (nSPS) is 13.4. The molecule has 0 aliphatic heterocycles. The third kappa shape index (κ3) is 3.43. The van der Waals surface area contributed by atoms with E-state index in [1.54, 1.807) is 10.9 Å². The van der Waals surface area contributed by atoms with Crippen molar-refractivity contribution in [2.75, 3.05) is 5.32 Å². The van der Waals surface area contributed by atoms with Gasteiger partial charge >= 0.3 is 0 Å². The van der Waals surface area contributed by atoms with Crippen molar-refractivity contribution in [3.8, 4) is 0 Å². The summed E-state index contributed by atoms with van der Waals surface area (Å²) in [7, 11) is 0. The number of hydrogen-bond donors (Lipinski definition) is 2. The minimum absolute atomic E-state index is 0.0489. The van der Waals surface area contributed by atoms with E-state index in [-0.39, 0.29) is 17.1 Å². The van der Waals surface area contributed by atoms with Gasteiger partial charge in [0.1, 0.15) is 5.39 Å². The van der Waals surface area contributed by atoms with Crippen LogP contribution in [0.1, 0.15) is 46.2 Å². The van der Waals surface area contributed by atoms with Crippen molar-refractivity contribution in [2.24, 2.45) is 5.92 Å². The number of anilines is 1. The summed E-state index contributed by atoms with van der Waals surface area (Å²) in [5.74, 6) is 0.793. The fourth-order valence-electron chi connectivity index (χ4n) is 2.92. The van der Waals surface area contributed by atoms with Crippen LogP contribution < -0.4 is 10.9 Å². The maximum absolute atomic E-state index is 12.4. The van der Waals surface area contributed by atoms with Gasteiger partial charge in [-0.05, 0) is 32.3 Å². The van der Waals surface area contributed by atoms with Crippen molar-refractivity contribution >= 4 is 17.0 Å². The number of nitrogens with zero attached hydrogens (tertiary/aromatic N) is 3. The van der Waals surface area contributed by atoms with E-state index in [4.69, 9.17) is 0 Å². The minimum atomic E-state index is -0.253. The quantitative estimate of drug-likeness (QED) is 0.760. The van der Waals surface area contributed by atoms with Crippen LogP contribution in [0.15, 0.2) is 41.3 Å². The van der Waals surface area contributed by atoms with Crippen LogP contribution in [-0.2, 0) is 5.54 Å². The molecule has 3 rings (SSSR count). The predicted octanol–water partition coefficient (Wildman–Crippen LogP) is 3.68. The topological polar surface area (TPSA) is 75.6 Å². The highest BCUT2D eigenvalue weighted by Gasteiger charge is 2.21. The molecule has 0 bridgehead atoms. The minimum Gasteiger partial charge on any atom is -0.349 e. The van der Waals surface area contributed by atoms with Crippen LogP contribution in [-0.4, -0.2) is 19.7 Å². The molecule has 6 nitrogen and oxygen atoms in total. The third-order valence-electron chi connectivity index (χ3n) is 4.19. The van der Waals surface area contributed by atoms with Gasteiger partial charge in [-0.1, -0.05) is 44.2 Å². The predicted molar refractivity (Wildman–Crippen MR) is 101 cm³/mol. The van der Waals surface area contributed by atoms with Gasteiger partial charge in [0.25, 0.3) is 5.56 Å². The number of fused-ring (bicyclic) bond motifs is 1. The first-order valence-electron chi connectivity index (χ1n) is 8.57. The molecule has 6 heteroatoms. The van der Waals surface area contributed by atoms with Crippen LogP contribution in [0.3, 0.4) is 0 Å². The molecule has 2 heterocycles. The highest BCUT2D eigenvalue weighted by molar-refractivity contribution is 5.74. The standard InChI is InChI=1S/C19H25N5O/c1-12(2)15(13-9-7-6-8-10-13)21-18-22-16-14(17(25)23-18)11-20-24(16)19(3,4)5/h6-12,15H,1-5H3,(H2,21,22,23,25). The maximum Gasteiger partial charge on any atom is 0.263 e. The molecule has 1 atom stereocenters. The Kier molecular flexibility index (Phi) is 4.37. The maximum atomic E-state index is 12.4. The third-order valence-corrected chi connectivity index (χ3v) is 4.19. The summed E-state index contributed by atoms with van der Waals surface area (Å²) in [6.45, 7) is 10.4. The summed E-state index contributed by atoms with van der Waals surface area (Å²) < 4.78 is 1.79. The van der Waals surface area contributed by atoms with E-state index in [0.29, 0.717) is 22.9 Å². The molecule has 0 saturated carbocycles. The van der Waals surface area contributed by atoms with Crippen molar-refractivity contribution < 1.29 is 0 Å². The second-order valence-electron chi connectivity index (χ2n) is 7.66. The molecule has 25 heavy (non-hydrogen) atoms. The lowest BCUT2D eigenvalue weighted by atomic mass is 9.96. The molecule has 0 saturated heterocycles. The summed E-state index contributed by atoms with van der Waals surface area (Å²) in [6, 6.07) is 10.2. The average Bonchev–Trinajstić information content (AvgIpc) is 2.98. The molecule has 2 N–H and O–H groups in total. The molecule has 0 fully saturated rings. The Bertz CT molecular complexity index is 918. The van der Waals surface area contributed by atoms with Crippen molar-refractivity contribution in [1.29, 1.82) is 0 Å². The Morgan fingerprint density at radius 3 is 2.44 bits per heavy atom. The van der Waals surface area contributed by atoms with Crippen LogP contribution >= 0.6 is 0 Å². The molecule has 1 unspecified atom stereocenters. The van der Waals surface area contributed by atoms with E-state index >= 15 is 0 Å². The first-order chi connectivity index (χ1) is 11.8. The van der Waals surface area contributed by atoms with E-state index in [0.717, 1.165) is 5.56 Å². The van der Waals surface area contributed by atoms with Crippen molar-refractivity contribution in [3.05, 3.63) is 52.4 Å². The smallest absolute Gasteiger partial charge is 0.263 e. The first kappa shape index (κ1) is 17.2. The lowest BCUT2D eigenvalue weighted by molar-refractivity contribution is 0.366. The summed E-state index contributed by atoms with van der Waals surface area (Å²) in [4.78, 5) is 19.9. The van der Waals surface area contributed by atoms with Gasteiger partial charge in [0.15, 0.2) is 5.65 Å². The highest BCUT2D eigenvalue weighted by atomic mass is 16.1. The summed E-state index contributed by atoms with van der Waals surface area (Å²) >= 11 is 0. The summed E-state index contributed by atoms with van der Waals surface area (Å²) in [6.07, 6.45) is 1.58. The molecule has 132 valence electrons. The number of benzene rings is 1. The van der Waals surface area contributed by atoms with Gasteiger partial charge in [0.05, 0.1) is 17.8 Å². The number of rotatable bonds is 4. The number of hydrogen-bond acceptors (Lipinski definition) is 4. The second kappa shape index (κ2) is 6.35. The van der Waals surface area contributed by atoms with Gasteiger partial charge in [-0.2, -0.15) is 10.1 Å². The number of nitrogens with one attached hydrogen (secondary N) is 2. The van der Waals surface area contributed by atoms with Crippen molar-refractivity contribution in [3.63, 3.8) is 0 Å². The lowest BCUT2D eigenvalue weighted by Gasteiger charge is -2.24.